The van der Waals surface area contributed by atoms with E-state index < -0.39 is 0 Å². The average molecular weight is 311 g/mol. The van der Waals surface area contributed by atoms with Crippen molar-refractivity contribution in [1.29, 1.82) is 0 Å². The van der Waals surface area contributed by atoms with E-state index in [0.29, 0.717) is 5.92 Å². The first-order valence-corrected chi connectivity index (χ1v) is 7.48. The minimum atomic E-state index is 0.0800. The smallest absolute Gasteiger partial charge is 0.0686 e. The maximum absolute atomic E-state index is 6.42. The summed E-state index contributed by atoms with van der Waals surface area (Å²) in [5.41, 5.74) is 7.72. The van der Waals surface area contributed by atoms with E-state index in [9.17, 15) is 0 Å². The maximum Gasteiger partial charge on any atom is 0.0686 e. The van der Waals surface area contributed by atoms with Crippen molar-refractivity contribution < 1.29 is 4.74 Å². The molecule has 2 unspecified atom stereocenters. The van der Waals surface area contributed by atoms with E-state index in [1.165, 1.54) is 19.3 Å². The zero-order valence-corrected chi connectivity index (χ0v) is 12.0. The number of hydrogen-bond acceptors (Lipinski definition) is 3. The van der Waals surface area contributed by atoms with Gasteiger partial charge in [-0.05, 0) is 65.6 Å². The van der Waals surface area contributed by atoms with Gasteiger partial charge in [0.15, 0.2) is 0 Å². The SMILES string of the molecule is NC(c1cncc(Br)c1)C1CCOC2(CCC2)C1. The van der Waals surface area contributed by atoms with Gasteiger partial charge in [0.1, 0.15) is 0 Å². The number of aromatic nitrogens is 1. The summed E-state index contributed by atoms with van der Waals surface area (Å²) in [4.78, 5) is 4.21. The lowest BCUT2D eigenvalue weighted by Crippen LogP contribution is -2.47. The normalized spacial score (nSPS) is 27.8. The summed E-state index contributed by atoms with van der Waals surface area (Å²) in [6, 6.07) is 2.16. The molecule has 0 amide bonds. The molecular formula is C14H19BrN2O. The number of nitrogens with zero attached hydrogens (tertiary/aromatic N) is 1. The molecule has 2 fully saturated rings. The van der Waals surface area contributed by atoms with Crippen molar-refractivity contribution in [3.63, 3.8) is 0 Å². The Kier molecular flexibility index (Phi) is 3.43. The summed E-state index contributed by atoms with van der Waals surface area (Å²) >= 11 is 3.46. The molecule has 2 N–H and O–H groups in total. The van der Waals surface area contributed by atoms with E-state index in [-0.39, 0.29) is 11.6 Å². The second-order valence-electron chi connectivity index (χ2n) is 5.60. The molecule has 2 atom stereocenters. The number of nitrogens with two attached hydrogens (primary N) is 1. The van der Waals surface area contributed by atoms with Crippen LogP contribution in [0.3, 0.4) is 0 Å². The molecule has 2 aliphatic rings. The van der Waals surface area contributed by atoms with Crippen molar-refractivity contribution in [3.05, 3.63) is 28.5 Å². The fourth-order valence-corrected chi connectivity index (χ4v) is 3.56. The maximum atomic E-state index is 6.42. The Morgan fingerprint density at radius 2 is 2.28 bits per heavy atom. The van der Waals surface area contributed by atoms with Crippen molar-refractivity contribution in [2.24, 2.45) is 11.7 Å². The standard InChI is InChI=1S/C14H19BrN2O/c15-12-6-11(8-17-9-12)13(16)10-2-5-18-14(7-10)3-1-4-14/h6,8-10,13H,1-5,7,16H2. The first kappa shape index (κ1) is 12.6. The lowest BCUT2D eigenvalue weighted by Gasteiger charge is -2.48. The molecule has 3 rings (SSSR count). The minimum absolute atomic E-state index is 0.0800. The minimum Gasteiger partial charge on any atom is -0.375 e. The molecule has 18 heavy (non-hydrogen) atoms. The van der Waals surface area contributed by atoms with E-state index in [4.69, 9.17) is 10.5 Å². The van der Waals surface area contributed by atoms with Crippen LogP contribution in [0, 0.1) is 5.92 Å². The molecule has 1 saturated carbocycles. The van der Waals surface area contributed by atoms with Crippen LogP contribution in [0.1, 0.15) is 43.7 Å². The van der Waals surface area contributed by atoms with Crippen molar-refractivity contribution in [3.8, 4) is 0 Å². The molecule has 1 aliphatic heterocycles. The van der Waals surface area contributed by atoms with Crippen molar-refractivity contribution in [2.75, 3.05) is 6.61 Å². The predicted octanol–water partition coefficient (Wildman–Crippen LogP) is 3.19. The molecule has 0 bridgehead atoms. The monoisotopic (exact) mass is 310 g/mol. The highest BCUT2D eigenvalue weighted by Crippen LogP contribution is 2.46. The third kappa shape index (κ3) is 2.33. The topological polar surface area (TPSA) is 48.1 Å². The first-order chi connectivity index (χ1) is 8.69. The molecule has 1 spiro atoms. The lowest BCUT2D eigenvalue weighted by molar-refractivity contribution is -0.146. The zero-order chi connectivity index (χ0) is 12.6. The van der Waals surface area contributed by atoms with Gasteiger partial charge in [0.05, 0.1) is 5.60 Å². The number of pyridine rings is 1. The van der Waals surface area contributed by atoms with Crippen molar-refractivity contribution >= 4 is 15.9 Å². The van der Waals surface area contributed by atoms with Crippen molar-refractivity contribution in [2.45, 2.75) is 43.7 Å². The third-order valence-electron chi connectivity index (χ3n) is 4.41. The molecule has 2 heterocycles. The molecule has 1 aliphatic carbocycles. The van der Waals surface area contributed by atoms with E-state index in [1.807, 2.05) is 6.20 Å². The van der Waals surface area contributed by atoms with Crippen molar-refractivity contribution in [1.82, 2.24) is 4.98 Å². The largest absolute Gasteiger partial charge is 0.375 e. The molecule has 98 valence electrons. The van der Waals surface area contributed by atoms with Crippen LogP contribution in [0.5, 0.6) is 0 Å². The van der Waals surface area contributed by atoms with Crippen LogP contribution in [0.2, 0.25) is 0 Å². The van der Waals surface area contributed by atoms with Gasteiger partial charge in [-0.2, -0.15) is 0 Å². The third-order valence-corrected chi connectivity index (χ3v) is 4.85. The number of halogens is 1. The zero-order valence-electron chi connectivity index (χ0n) is 10.4. The van der Waals surface area contributed by atoms with Gasteiger partial charge in [0.2, 0.25) is 0 Å². The van der Waals surface area contributed by atoms with Crippen LogP contribution in [-0.4, -0.2) is 17.2 Å². The second kappa shape index (κ2) is 4.91. The Morgan fingerprint density at radius 3 is 2.94 bits per heavy atom. The fraction of sp³-hybridized carbons (Fsp3) is 0.643. The Morgan fingerprint density at radius 1 is 1.44 bits per heavy atom. The lowest BCUT2D eigenvalue weighted by atomic mass is 9.70. The average Bonchev–Trinajstić information content (AvgIpc) is 2.36. The molecule has 0 radical (unpaired) electrons. The van der Waals surface area contributed by atoms with Gasteiger partial charge in [0.25, 0.3) is 0 Å². The summed E-state index contributed by atoms with van der Waals surface area (Å²) in [5, 5.41) is 0. The summed E-state index contributed by atoms with van der Waals surface area (Å²) in [7, 11) is 0. The summed E-state index contributed by atoms with van der Waals surface area (Å²) in [5.74, 6) is 0.523. The molecule has 4 heteroatoms. The molecule has 3 nitrogen and oxygen atoms in total. The number of ether oxygens (including phenoxy) is 1. The van der Waals surface area contributed by atoms with Gasteiger partial charge in [-0.3, -0.25) is 4.98 Å². The van der Waals surface area contributed by atoms with Crippen LogP contribution in [-0.2, 0) is 4.74 Å². The van der Waals surface area contributed by atoms with Gasteiger partial charge >= 0.3 is 0 Å². The Labute approximate surface area is 116 Å². The predicted molar refractivity (Wildman–Crippen MR) is 74.1 cm³/mol. The molecule has 1 aromatic heterocycles. The quantitative estimate of drug-likeness (QED) is 0.912. The van der Waals surface area contributed by atoms with Gasteiger partial charge < -0.3 is 10.5 Å². The van der Waals surface area contributed by atoms with E-state index in [0.717, 1.165) is 29.5 Å². The summed E-state index contributed by atoms with van der Waals surface area (Å²) in [6.07, 6.45) is 9.60. The fourth-order valence-electron chi connectivity index (χ4n) is 3.17. The van der Waals surface area contributed by atoms with Gasteiger partial charge in [-0.15, -0.1) is 0 Å². The van der Waals surface area contributed by atoms with E-state index >= 15 is 0 Å². The highest BCUT2D eigenvalue weighted by Gasteiger charge is 2.43. The summed E-state index contributed by atoms with van der Waals surface area (Å²) in [6.45, 7) is 0.861. The van der Waals surface area contributed by atoms with Gasteiger partial charge in [-0.1, -0.05) is 0 Å². The van der Waals surface area contributed by atoms with Gasteiger partial charge in [0, 0.05) is 29.5 Å². The van der Waals surface area contributed by atoms with Crippen LogP contribution >= 0.6 is 15.9 Å². The van der Waals surface area contributed by atoms with Crippen LogP contribution in [0.15, 0.2) is 22.9 Å². The molecule has 1 saturated heterocycles. The summed E-state index contributed by atoms with van der Waals surface area (Å²) < 4.78 is 6.96. The van der Waals surface area contributed by atoms with Crippen LogP contribution < -0.4 is 5.73 Å². The molecule has 0 aromatic carbocycles. The van der Waals surface area contributed by atoms with E-state index in [2.05, 4.69) is 27.0 Å². The Balaban J connectivity index is 1.73. The first-order valence-electron chi connectivity index (χ1n) is 6.69. The second-order valence-corrected chi connectivity index (χ2v) is 6.52. The van der Waals surface area contributed by atoms with Crippen LogP contribution in [0.25, 0.3) is 0 Å². The number of rotatable bonds is 2. The Hall–Kier alpha value is -0.450. The molecular weight excluding hydrogens is 292 g/mol. The van der Waals surface area contributed by atoms with Gasteiger partial charge in [-0.25, -0.2) is 0 Å². The number of hydrogen-bond donors (Lipinski definition) is 1. The van der Waals surface area contributed by atoms with E-state index in [1.54, 1.807) is 6.20 Å². The highest BCUT2D eigenvalue weighted by molar-refractivity contribution is 9.10. The van der Waals surface area contributed by atoms with Crippen LogP contribution in [0.4, 0.5) is 0 Å². The molecule has 1 aromatic rings. The Bertz CT molecular complexity index is 434. The highest BCUT2D eigenvalue weighted by atomic mass is 79.9.